The quantitative estimate of drug-likeness (QED) is 0.187. The molecule has 9 aliphatic rings. The molecule has 0 aromatic heterocycles. The Kier molecular flexibility index (Phi) is 8.32. The smallest absolute Gasteiger partial charge is 0.0643 e. The number of hydrogen-bond acceptors (Lipinski definition) is 8. The molecule has 8 bridgehead atoms. The summed E-state index contributed by atoms with van der Waals surface area (Å²) in [4.78, 5) is 0. The third kappa shape index (κ3) is 5.38. The van der Waals surface area contributed by atoms with Crippen molar-refractivity contribution in [1.82, 2.24) is 42.5 Å². The Labute approximate surface area is 277 Å². The lowest BCUT2D eigenvalue weighted by Gasteiger charge is -2.45. The highest BCUT2D eigenvalue weighted by atomic mass is 35.5. The van der Waals surface area contributed by atoms with Crippen LogP contribution in [0.25, 0.3) is 0 Å². The Bertz CT molecular complexity index is 1070. The summed E-state index contributed by atoms with van der Waals surface area (Å²) < 4.78 is 0. The molecule has 4 saturated carbocycles. The number of alkyl halides is 1. The van der Waals surface area contributed by atoms with Gasteiger partial charge in [0.1, 0.15) is 0 Å². The molecule has 0 spiro atoms. The number of fused-ring (bicyclic) bond motifs is 20. The van der Waals surface area contributed by atoms with E-state index in [1.807, 2.05) is 0 Å². The third-order valence-corrected chi connectivity index (χ3v) is 15.6. The van der Waals surface area contributed by atoms with E-state index in [1.165, 1.54) is 89.9 Å². The fourth-order valence-corrected chi connectivity index (χ4v) is 13.7. The molecule has 9 heteroatoms. The van der Waals surface area contributed by atoms with E-state index in [9.17, 15) is 0 Å². The van der Waals surface area contributed by atoms with Gasteiger partial charge in [0.2, 0.25) is 0 Å². The zero-order chi connectivity index (χ0) is 30.4. The highest BCUT2D eigenvalue weighted by Crippen LogP contribution is 2.51. The second-order valence-corrected chi connectivity index (χ2v) is 18.7. The lowest BCUT2D eigenvalue weighted by Crippen LogP contribution is -2.62. The summed E-state index contributed by atoms with van der Waals surface area (Å²) in [5, 5.41) is 34.1. The van der Waals surface area contributed by atoms with E-state index in [1.54, 1.807) is 0 Å². The van der Waals surface area contributed by atoms with E-state index < -0.39 is 0 Å². The summed E-state index contributed by atoms with van der Waals surface area (Å²) in [5.74, 6) is 5.70. The maximum absolute atomic E-state index is 7.64. The van der Waals surface area contributed by atoms with Crippen LogP contribution in [0.4, 0.5) is 0 Å². The normalized spacial score (nSPS) is 56.3. The van der Waals surface area contributed by atoms with Crippen molar-refractivity contribution in [2.75, 3.05) is 0 Å². The van der Waals surface area contributed by atoms with Gasteiger partial charge >= 0.3 is 0 Å². The molecule has 9 rings (SSSR count). The first-order valence-electron chi connectivity index (χ1n) is 19.6. The number of rotatable bonds is 0. The highest BCUT2D eigenvalue weighted by molar-refractivity contribution is 6.21. The highest BCUT2D eigenvalue weighted by Gasteiger charge is 2.57. The first-order valence-corrected chi connectivity index (χ1v) is 20.0. The van der Waals surface area contributed by atoms with Crippen LogP contribution in [0.3, 0.4) is 0 Å². The van der Waals surface area contributed by atoms with Crippen LogP contribution in [0, 0.1) is 58.7 Å². The van der Waals surface area contributed by atoms with Crippen molar-refractivity contribution in [2.45, 2.75) is 165 Å². The lowest BCUT2D eigenvalue weighted by atomic mass is 9.65. The van der Waals surface area contributed by atoms with Gasteiger partial charge in [0.25, 0.3) is 0 Å². The maximum Gasteiger partial charge on any atom is 0.0643 e. The maximum atomic E-state index is 7.64. The van der Waals surface area contributed by atoms with Crippen molar-refractivity contribution in [3.05, 3.63) is 0 Å². The second-order valence-electron chi connectivity index (χ2n) is 18.2. The summed E-state index contributed by atoms with van der Waals surface area (Å²) in [6.07, 6.45) is 21.5. The first kappa shape index (κ1) is 31.0. The summed E-state index contributed by atoms with van der Waals surface area (Å²) in [6.45, 7) is 7.23. The van der Waals surface area contributed by atoms with Gasteiger partial charge in [0.15, 0.2) is 0 Å². The predicted octanol–water partition coefficient (Wildman–Crippen LogP) is 4.10. The zero-order valence-corrected chi connectivity index (χ0v) is 28.9. The van der Waals surface area contributed by atoms with Gasteiger partial charge in [-0.05, 0) is 104 Å². The molecule has 5 heterocycles. The van der Waals surface area contributed by atoms with Crippen LogP contribution in [-0.2, 0) is 0 Å². The molecule has 8 nitrogen and oxygen atoms in total. The summed E-state index contributed by atoms with van der Waals surface area (Å²) in [5.41, 5.74) is 0.225. The van der Waals surface area contributed by atoms with Gasteiger partial charge in [0.05, 0.1) is 49.3 Å². The monoisotopic (exact) mass is 642 g/mol. The van der Waals surface area contributed by atoms with E-state index in [2.05, 4.69) is 63.3 Å². The number of halogens is 1. The first-order chi connectivity index (χ1) is 21.8. The van der Waals surface area contributed by atoms with E-state index in [4.69, 9.17) is 11.6 Å². The van der Waals surface area contributed by atoms with Crippen LogP contribution >= 0.6 is 11.6 Å². The van der Waals surface area contributed by atoms with Crippen molar-refractivity contribution < 1.29 is 0 Å². The van der Waals surface area contributed by atoms with Crippen LogP contribution in [-0.4, -0.2) is 54.7 Å². The van der Waals surface area contributed by atoms with Crippen LogP contribution < -0.4 is 42.5 Å². The van der Waals surface area contributed by atoms with Gasteiger partial charge in [-0.25, -0.2) is 0 Å². The average molecular weight is 643 g/mol. The summed E-state index contributed by atoms with van der Waals surface area (Å²) >= 11 is 7.64. The van der Waals surface area contributed by atoms with E-state index in [0.29, 0.717) is 84.3 Å². The Morgan fingerprint density at radius 2 is 0.667 bits per heavy atom. The van der Waals surface area contributed by atoms with Gasteiger partial charge in [-0.3, -0.25) is 42.5 Å². The molecule has 0 aromatic rings. The predicted molar refractivity (Wildman–Crippen MR) is 181 cm³/mol. The Morgan fingerprint density at radius 3 is 0.978 bits per heavy atom. The topological polar surface area (TPSA) is 96.2 Å². The second kappa shape index (κ2) is 12.1. The number of nitrogens with one attached hydrogen (secondary N) is 8. The largest absolute Gasteiger partial charge is 0.286 e. The molecular weight excluding hydrogens is 580 g/mol. The molecular formula is C36H63ClN8. The standard InChI is InChI=1S/C36H63ClN8/c1-36(2,3)25-17-16-24-26(27(25)37)35-44-33-23-15-9-8-14-22(23)31(42-33)40-29-19-11-5-4-10-18(19)28(38-29)39-30-20-12-6-7-13-21(20)32(41-30)43-34(24)45-35/h18-35,38-45H,4-17H2,1-3H3. The van der Waals surface area contributed by atoms with E-state index in [0.717, 1.165) is 5.92 Å². The van der Waals surface area contributed by atoms with E-state index >= 15 is 0 Å². The summed E-state index contributed by atoms with van der Waals surface area (Å²) in [6, 6.07) is 0. The Hall–Kier alpha value is -0.0300. The minimum atomic E-state index is 0.177. The molecule has 0 radical (unpaired) electrons. The summed E-state index contributed by atoms with van der Waals surface area (Å²) in [7, 11) is 0. The van der Waals surface area contributed by atoms with Gasteiger partial charge < -0.3 is 0 Å². The molecule has 18 atom stereocenters. The average Bonchev–Trinajstić information content (AvgIpc) is 3.76. The van der Waals surface area contributed by atoms with Crippen LogP contribution in [0.1, 0.15) is 111 Å². The minimum absolute atomic E-state index is 0.177. The molecule has 4 aliphatic carbocycles. The fraction of sp³-hybridized carbons (Fsp3) is 1.00. The molecule has 8 N–H and O–H groups in total. The zero-order valence-electron chi connectivity index (χ0n) is 28.2. The van der Waals surface area contributed by atoms with E-state index in [-0.39, 0.29) is 23.1 Å². The molecule has 18 unspecified atom stereocenters. The fourth-order valence-electron chi connectivity index (χ4n) is 12.9. The lowest BCUT2D eigenvalue weighted by molar-refractivity contribution is 0.0921. The molecule has 5 aliphatic heterocycles. The Morgan fingerprint density at radius 1 is 0.378 bits per heavy atom. The van der Waals surface area contributed by atoms with Crippen LogP contribution in [0.5, 0.6) is 0 Å². The van der Waals surface area contributed by atoms with Gasteiger partial charge in [-0.2, -0.15) is 0 Å². The van der Waals surface area contributed by atoms with Crippen molar-refractivity contribution >= 4 is 11.6 Å². The molecule has 5 saturated heterocycles. The van der Waals surface area contributed by atoms with Crippen LogP contribution in [0.2, 0.25) is 0 Å². The van der Waals surface area contributed by atoms with Crippen molar-refractivity contribution in [2.24, 2.45) is 58.7 Å². The molecule has 0 aromatic carbocycles. The molecule has 9 fully saturated rings. The molecule has 254 valence electrons. The molecule has 45 heavy (non-hydrogen) atoms. The van der Waals surface area contributed by atoms with Gasteiger partial charge in [-0.1, -0.05) is 59.3 Å². The van der Waals surface area contributed by atoms with Crippen molar-refractivity contribution in [3.63, 3.8) is 0 Å². The van der Waals surface area contributed by atoms with Crippen molar-refractivity contribution in [3.8, 4) is 0 Å². The SMILES string of the molecule is CC(C)(C)C1CCC2C3NC4NC(NC5NC(NC6NC(NC(N3)C2C1Cl)C1CCCCC61)C1CCCCC51)C1CCCCC41. The minimum Gasteiger partial charge on any atom is -0.286 e. The van der Waals surface area contributed by atoms with Crippen molar-refractivity contribution in [1.29, 1.82) is 0 Å². The third-order valence-electron chi connectivity index (χ3n) is 15.0. The number of hydrogen-bond donors (Lipinski definition) is 8. The van der Waals surface area contributed by atoms with Gasteiger partial charge in [-0.15, -0.1) is 11.6 Å². The van der Waals surface area contributed by atoms with Crippen LogP contribution in [0.15, 0.2) is 0 Å². The Balaban J connectivity index is 1.06. The molecule has 0 amide bonds. The van der Waals surface area contributed by atoms with Gasteiger partial charge in [0, 0.05) is 11.3 Å².